The Hall–Kier alpha value is -2.72. The summed E-state index contributed by atoms with van der Waals surface area (Å²) in [6.07, 6.45) is 0.511. The third-order valence-electron chi connectivity index (χ3n) is 4.00. The third-order valence-corrected chi connectivity index (χ3v) is 4.25. The number of hydrogen-bond donors (Lipinski definition) is 2. The van der Waals surface area contributed by atoms with Gasteiger partial charge in [-0.05, 0) is 60.5 Å². The van der Waals surface area contributed by atoms with Gasteiger partial charge in [-0.15, -0.1) is 0 Å². The molecular formula is C22H23ClN2O2. The Kier molecular flexibility index (Phi) is 6.20. The highest BCUT2D eigenvalue weighted by atomic mass is 35.5. The second-order valence-corrected chi connectivity index (χ2v) is 7.29. The quantitative estimate of drug-likeness (QED) is 0.511. The molecule has 4 nitrogen and oxygen atoms in total. The molecule has 140 valence electrons. The second-order valence-electron chi connectivity index (χ2n) is 6.85. The number of nitrogens with one attached hydrogen (secondary N) is 2. The van der Waals surface area contributed by atoms with E-state index < -0.39 is 0 Å². The molecule has 1 aromatic heterocycles. The average molecular weight is 383 g/mol. The first kappa shape index (κ1) is 19.1. The Morgan fingerprint density at radius 3 is 2.52 bits per heavy atom. The molecule has 0 saturated heterocycles. The molecule has 1 heterocycles. The maximum Gasteiger partial charge on any atom is 0.224 e. The van der Waals surface area contributed by atoms with Gasteiger partial charge in [-0.2, -0.15) is 0 Å². The average Bonchev–Trinajstić information content (AvgIpc) is 3.09. The highest BCUT2D eigenvalue weighted by Gasteiger charge is 2.07. The van der Waals surface area contributed by atoms with Crippen molar-refractivity contribution >= 4 is 28.9 Å². The zero-order valence-electron chi connectivity index (χ0n) is 15.5. The molecule has 0 aliphatic carbocycles. The first-order chi connectivity index (χ1) is 13.0. The van der Waals surface area contributed by atoms with Gasteiger partial charge < -0.3 is 15.1 Å². The number of halogens is 1. The Labute approximate surface area is 164 Å². The summed E-state index contributed by atoms with van der Waals surface area (Å²) in [6.45, 7) is 4.61. The van der Waals surface area contributed by atoms with Gasteiger partial charge in [0.2, 0.25) is 5.91 Å². The summed E-state index contributed by atoms with van der Waals surface area (Å²) in [5.41, 5.74) is 2.69. The molecule has 3 aromatic rings. The van der Waals surface area contributed by atoms with Gasteiger partial charge >= 0.3 is 0 Å². The van der Waals surface area contributed by atoms with Crippen LogP contribution in [0.2, 0.25) is 5.02 Å². The van der Waals surface area contributed by atoms with Crippen LogP contribution >= 0.6 is 11.6 Å². The molecule has 0 saturated carbocycles. The van der Waals surface area contributed by atoms with Crippen molar-refractivity contribution in [1.29, 1.82) is 0 Å². The molecule has 0 aliphatic rings. The molecule has 0 aliphatic heterocycles. The molecule has 27 heavy (non-hydrogen) atoms. The number of hydrogen-bond acceptors (Lipinski definition) is 3. The van der Waals surface area contributed by atoms with E-state index in [0.29, 0.717) is 23.9 Å². The highest BCUT2D eigenvalue weighted by molar-refractivity contribution is 6.30. The summed E-state index contributed by atoms with van der Waals surface area (Å²) in [5, 5.41) is 6.95. The number of furan rings is 1. The van der Waals surface area contributed by atoms with Crippen LogP contribution in [0.3, 0.4) is 0 Å². The molecule has 0 fully saturated rings. The fourth-order valence-electron chi connectivity index (χ4n) is 2.72. The van der Waals surface area contributed by atoms with Crippen molar-refractivity contribution in [3.63, 3.8) is 0 Å². The molecule has 1 amide bonds. The molecule has 2 aromatic carbocycles. The highest BCUT2D eigenvalue weighted by Crippen LogP contribution is 2.24. The monoisotopic (exact) mass is 382 g/mol. The van der Waals surface area contributed by atoms with Crippen molar-refractivity contribution in [3.8, 4) is 11.3 Å². The van der Waals surface area contributed by atoms with Crippen molar-refractivity contribution in [2.75, 3.05) is 10.6 Å². The van der Waals surface area contributed by atoms with Gasteiger partial charge in [0, 0.05) is 28.4 Å². The summed E-state index contributed by atoms with van der Waals surface area (Å²) < 4.78 is 5.89. The molecule has 0 bridgehead atoms. The lowest BCUT2D eigenvalue weighted by molar-refractivity contribution is -0.116. The molecule has 5 heteroatoms. The van der Waals surface area contributed by atoms with Crippen LogP contribution in [0.25, 0.3) is 11.3 Å². The van der Waals surface area contributed by atoms with Gasteiger partial charge in [0.25, 0.3) is 0 Å². The Balaban J connectivity index is 1.59. The first-order valence-electron chi connectivity index (χ1n) is 8.98. The number of anilines is 2. The van der Waals surface area contributed by atoms with E-state index in [2.05, 4.69) is 10.6 Å². The SMILES string of the molecule is CC(C)CC(=O)Nc1cccc(NCc2ccc(-c3ccc(Cl)cc3)o2)c1. The second kappa shape index (κ2) is 8.78. The zero-order valence-corrected chi connectivity index (χ0v) is 16.2. The fourth-order valence-corrected chi connectivity index (χ4v) is 2.85. The third kappa shape index (κ3) is 5.63. The first-order valence-corrected chi connectivity index (χ1v) is 9.36. The molecule has 0 radical (unpaired) electrons. The minimum absolute atomic E-state index is 0.0285. The Morgan fingerprint density at radius 1 is 1.04 bits per heavy atom. The van der Waals surface area contributed by atoms with E-state index in [1.807, 2.05) is 74.5 Å². The molecule has 0 atom stereocenters. The summed E-state index contributed by atoms with van der Waals surface area (Å²) in [5.74, 6) is 1.99. The van der Waals surface area contributed by atoms with E-state index >= 15 is 0 Å². The lowest BCUT2D eigenvalue weighted by Gasteiger charge is -2.10. The lowest BCUT2D eigenvalue weighted by Crippen LogP contribution is -2.13. The van der Waals surface area contributed by atoms with Crippen molar-refractivity contribution in [2.45, 2.75) is 26.8 Å². The maximum atomic E-state index is 11.9. The number of carbonyl (C=O) groups is 1. The number of rotatable bonds is 7. The van der Waals surface area contributed by atoms with Crippen molar-refractivity contribution in [1.82, 2.24) is 0 Å². The van der Waals surface area contributed by atoms with E-state index in [1.54, 1.807) is 0 Å². The van der Waals surface area contributed by atoms with E-state index in [4.69, 9.17) is 16.0 Å². The zero-order chi connectivity index (χ0) is 19.2. The molecule has 2 N–H and O–H groups in total. The van der Waals surface area contributed by atoms with Crippen LogP contribution in [0, 0.1) is 5.92 Å². The standard InChI is InChI=1S/C22H23ClN2O2/c1-15(2)12-22(26)25-19-5-3-4-18(13-19)24-14-20-10-11-21(27-20)16-6-8-17(23)9-7-16/h3-11,13,15,24H,12,14H2,1-2H3,(H,25,26). The Bertz CT molecular complexity index is 901. The van der Waals surface area contributed by atoms with Crippen LogP contribution < -0.4 is 10.6 Å². The molecular weight excluding hydrogens is 360 g/mol. The normalized spacial score (nSPS) is 10.8. The largest absolute Gasteiger partial charge is 0.459 e. The van der Waals surface area contributed by atoms with Crippen molar-refractivity contribution in [3.05, 3.63) is 71.4 Å². The topological polar surface area (TPSA) is 54.3 Å². The lowest BCUT2D eigenvalue weighted by atomic mass is 10.1. The van der Waals surface area contributed by atoms with Crippen LogP contribution in [0.5, 0.6) is 0 Å². The van der Waals surface area contributed by atoms with Crippen LogP contribution in [-0.4, -0.2) is 5.91 Å². The van der Waals surface area contributed by atoms with Gasteiger partial charge in [0.15, 0.2) is 0 Å². The van der Waals surface area contributed by atoms with Gasteiger partial charge in [-0.3, -0.25) is 4.79 Å². The smallest absolute Gasteiger partial charge is 0.224 e. The molecule has 0 unspecified atom stereocenters. The van der Waals surface area contributed by atoms with Gasteiger partial charge in [0.05, 0.1) is 6.54 Å². The molecule has 3 rings (SSSR count). The Morgan fingerprint density at radius 2 is 1.78 bits per heavy atom. The molecule has 0 spiro atoms. The van der Waals surface area contributed by atoms with E-state index in [1.165, 1.54) is 0 Å². The summed E-state index contributed by atoms with van der Waals surface area (Å²) in [7, 11) is 0. The van der Waals surface area contributed by atoms with Crippen LogP contribution in [0.4, 0.5) is 11.4 Å². The van der Waals surface area contributed by atoms with E-state index in [0.717, 1.165) is 28.5 Å². The van der Waals surface area contributed by atoms with Crippen molar-refractivity contribution in [2.24, 2.45) is 5.92 Å². The predicted octanol–water partition coefficient (Wildman–Crippen LogP) is 6.20. The van der Waals surface area contributed by atoms with E-state index in [9.17, 15) is 4.79 Å². The predicted molar refractivity (Wildman–Crippen MR) is 111 cm³/mol. The number of carbonyl (C=O) groups excluding carboxylic acids is 1. The van der Waals surface area contributed by atoms with Crippen LogP contribution in [-0.2, 0) is 11.3 Å². The summed E-state index contributed by atoms with van der Waals surface area (Å²) >= 11 is 5.92. The fraction of sp³-hybridized carbons (Fsp3) is 0.227. The number of benzene rings is 2. The maximum absolute atomic E-state index is 11.9. The van der Waals surface area contributed by atoms with Crippen LogP contribution in [0.15, 0.2) is 65.1 Å². The minimum atomic E-state index is 0.0285. The summed E-state index contributed by atoms with van der Waals surface area (Å²) in [4.78, 5) is 11.9. The van der Waals surface area contributed by atoms with Crippen molar-refractivity contribution < 1.29 is 9.21 Å². The van der Waals surface area contributed by atoms with Gasteiger partial charge in [-0.25, -0.2) is 0 Å². The van der Waals surface area contributed by atoms with Gasteiger partial charge in [0.1, 0.15) is 11.5 Å². The van der Waals surface area contributed by atoms with Crippen LogP contribution in [0.1, 0.15) is 26.0 Å². The van der Waals surface area contributed by atoms with E-state index in [-0.39, 0.29) is 5.91 Å². The summed E-state index contributed by atoms with van der Waals surface area (Å²) in [6, 6.07) is 19.1. The minimum Gasteiger partial charge on any atom is -0.459 e. The van der Waals surface area contributed by atoms with Gasteiger partial charge in [-0.1, -0.05) is 31.5 Å². The number of amides is 1.